The van der Waals surface area contributed by atoms with Gasteiger partial charge in [-0.15, -0.1) is 0 Å². The molecule has 0 saturated carbocycles. The van der Waals surface area contributed by atoms with Gasteiger partial charge in [0.15, 0.2) is 5.40 Å². The van der Waals surface area contributed by atoms with Crippen molar-refractivity contribution in [1.82, 2.24) is 0 Å². The number of likely N-dealkylation sites (tertiary alicyclic amines) is 1. The highest BCUT2D eigenvalue weighted by molar-refractivity contribution is 7.80. The fourth-order valence-corrected chi connectivity index (χ4v) is 7.13. The smallest absolute Gasteiger partial charge is 0.328 e. The first-order valence-corrected chi connectivity index (χ1v) is 11.4. The normalized spacial score (nSPS) is 24.5. The van der Waals surface area contributed by atoms with Gasteiger partial charge in [0.1, 0.15) is 0 Å². The Kier molecular flexibility index (Phi) is 7.19. The zero-order valence-corrected chi connectivity index (χ0v) is 15.8. The Morgan fingerprint density at radius 3 is 2.14 bits per heavy atom. The Balaban J connectivity index is 3.14. The molecule has 2 atom stereocenters. The summed E-state index contributed by atoms with van der Waals surface area (Å²) in [6, 6.07) is 0. The first-order chi connectivity index (χ1) is 9.88. The van der Waals surface area contributed by atoms with Gasteiger partial charge in [-0.1, -0.05) is 0 Å². The van der Waals surface area contributed by atoms with E-state index < -0.39 is 26.5 Å². The first kappa shape index (κ1) is 20.7. The van der Waals surface area contributed by atoms with Crippen LogP contribution < -0.4 is 0 Å². The van der Waals surface area contributed by atoms with Gasteiger partial charge in [0.2, 0.25) is 0 Å². The lowest BCUT2D eigenvalue weighted by Crippen LogP contribution is -2.50. The standard InChI is InChI=1S/C12H27NO6P2S/c1-13(2)7-3-5-10(9-13)11(6-4-8-22)12(20(14,15)16)21(17,18)19/h10-12H,3-9H2,1-2H3,(H4-,14,15,16,17,18,19,22)/p+1. The highest BCUT2D eigenvalue weighted by Gasteiger charge is 2.52. The predicted molar refractivity (Wildman–Crippen MR) is 89.0 cm³/mol. The quantitative estimate of drug-likeness (QED) is 0.261. The molecule has 1 saturated heterocycles. The number of piperidine rings is 1. The second kappa shape index (κ2) is 7.66. The summed E-state index contributed by atoms with van der Waals surface area (Å²) >= 11 is 4.11. The largest absolute Gasteiger partial charge is 0.340 e. The fourth-order valence-electron chi connectivity index (χ4n) is 3.60. The molecule has 1 rings (SSSR count). The van der Waals surface area contributed by atoms with Gasteiger partial charge >= 0.3 is 15.2 Å². The summed E-state index contributed by atoms with van der Waals surface area (Å²) in [4.78, 5) is 38.2. The van der Waals surface area contributed by atoms with Gasteiger partial charge in [-0.2, -0.15) is 12.6 Å². The summed E-state index contributed by atoms with van der Waals surface area (Å²) in [6.45, 7) is 1.64. The molecule has 0 aromatic rings. The van der Waals surface area contributed by atoms with Crippen molar-refractivity contribution in [3.63, 3.8) is 0 Å². The number of rotatable bonds is 7. The second-order valence-corrected chi connectivity index (χ2v) is 11.2. The number of hydrogen-bond acceptors (Lipinski definition) is 3. The zero-order chi connectivity index (χ0) is 17.2. The van der Waals surface area contributed by atoms with Gasteiger partial charge in [-0.3, -0.25) is 9.13 Å². The van der Waals surface area contributed by atoms with Crippen LogP contribution >= 0.6 is 27.8 Å². The molecule has 7 nitrogen and oxygen atoms in total. The third-order valence-corrected chi connectivity index (χ3v) is 8.71. The van der Waals surface area contributed by atoms with E-state index >= 15 is 0 Å². The Morgan fingerprint density at radius 2 is 1.73 bits per heavy atom. The van der Waals surface area contributed by atoms with Crippen LogP contribution in [0.3, 0.4) is 0 Å². The van der Waals surface area contributed by atoms with E-state index in [-0.39, 0.29) is 5.92 Å². The average Bonchev–Trinajstić information content (AvgIpc) is 2.29. The summed E-state index contributed by atoms with van der Waals surface area (Å²) in [6.07, 6.45) is 2.59. The molecule has 0 amide bonds. The Hall–Kier alpha value is 0.610. The SMILES string of the molecule is C[N+]1(C)CCCC(C(CCCS)C(P(=O)(O)O)P(=O)(O)O)C1. The van der Waals surface area contributed by atoms with Crippen molar-refractivity contribution < 1.29 is 33.2 Å². The Bertz CT molecular complexity index is 441. The number of quaternary nitrogens is 1. The minimum absolute atomic E-state index is 0.103. The van der Waals surface area contributed by atoms with E-state index in [9.17, 15) is 28.7 Å². The summed E-state index contributed by atoms with van der Waals surface area (Å²) in [5, 5.41) is -1.90. The van der Waals surface area contributed by atoms with Crippen LogP contribution in [0.1, 0.15) is 25.7 Å². The van der Waals surface area contributed by atoms with E-state index in [2.05, 4.69) is 12.6 Å². The molecule has 4 N–H and O–H groups in total. The fraction of sp³-hybridized carbons (Fsp3) is 1.00. The molecule has 0 aromatic heterocycles. The maximum absolute atomic E-state index is 11.8. The van der Waals surface area contributed by atoms with Gasteiger partial charge in [0.05, 0.1) is 27.2 Å². The number of nitrogens with zero attached hydrogens (tertiary/aromatic N) is 1. The van der Waals surface area contributed by atoms with E-state index in [0.717, 1.165) is 19.4 Å². The first-order valence-electron chi connectivity index (χ1n) is 7.42. The molecule has 22 heavy (non-hydrogen) atoms. The predicted octanol–water partition coefficient (Wildman–Crippen LogP) is 1.48. The van der Waals surface area contributed by atoms with E-state index in [1.54, 1.807) is 0 Å². The van der Waals surface area contributed by atoms with Crippen molar-refractivity contribution in [2.75, 3.05) is 32.9 Å². The number of hydrogen-bond donors (Lipinski definition) is 5. The minimum atomic E-state index is -4.90. The van der Waals surface area contributed by atoms with Crippen molar-refractivity contribution in [3.8, 4) is 0 Å². The molecule has 1 aliphatic heterocycles. The van der Waals surface area contributed by atoms with Crippen molar-refractivity contribution in [3.05, 3.63) is 0 Å². The molecule has 1 aliphatic rings. The third kappa shape index (κ3) is 5.91. The molecule has 10 heteroatoms. The molecule has 132 valence electrons. The molecule has 0 aliphatic carbocycles. The van der Waals surface area contributed by atoms with Crippen molar-refractivity contribution in [1.29, 1.82) is 0 Å². The topological polar surface area (TPSA) is 115 Å². The molecular weight excluding hydrogens is 348 g/mol. The summed E-state index contributed by atoms with van der Waals surface area (Å²) in [7, 11) is -5.73. The van der Waals surface area contributed by atoms with Crippen molar-refractivity contribution >= 4 is 27.8 Å². The van der Waals surface area contributed by atoms with Crippen LogP contribution in [-0.4, -0.2) is 62.4 Å². The van der Waals surface area contributed by atoms with Crippen LogP contribution in [0.2, 0.25) is 0 Å². The van der Waals surface area contributed by atoms with Crippen LogP contribution in [0.4, 0.5) is 0 Å². The van der Waals surface area contributed by atoms with E-state index in [1.165, 1.54) is 0 Å². The molecule has 1 heterocycles. The Morgan fingerprint density at radius 1 is 1.18 bits per heavy atom. The van der Waals surface area contributed by atoms with Crippen molar-refractivity contribution in [2.24, 2.45) is 11.8 Å². The van der Waals surface area contributed by atoms with Crippen LogP contribution in [0.25, 0.3) is 0 Å². The van der Waals surface area contributed by atoms with Gasteiger partial charge in [0, 0.05) is 5.92 Å². The summed E-state index contributed by atoms with van der Waals surface area (Å²) in [5.41, 5.74) is 0. The number of thiol groups is 1. The van der Waals surface area contributed by atoms with Crippen LogP contribution in [0, 0.1) is 11.8 Å². The summed E-state index contributed by atoms with van der Waals surface area (Å²) in [5.74, 6) is -0.267. The van der Waals surface area contributed by atoms with Gasteiger partial charge in [-0.25, -0.2) is 0 Å². The van der Waals surface area contributed by atoms with Gasteiger partial charge in [0.25, 0.3) is 0 Å². The van der Waals surface area contributed by atoms with E-state index in [4.69, 9.17) is 0 Å². The van der Waals surface area contributed by atoms with Gasteiger partial charge < -0.3 is 24.1 Å². The van der Waals surface area contributed by atoms with Crippen molar-refractivity contribution in [2.45, 2.75) is 31.1 Å². The molecule has 1 fully saturated rings. The van der Waals surface area contributed by atoms with Gasteiger partial charge in [-0.05, 0) is 37.4 Å². The van der Waals surface area contributed by atoms with Crippen LogP contribution in [0.15, 0.2) is 0 Å². The zero-order valence-electron chi connectivity index (χ0n) is 13.1. The monoisotopic (exact) mass is 376 g/mol. The second-order valence-electron chi connectivity index (χ2n) is 6.87. The lowest BCUT2D eigenvalue weighted by Gasteiger charge is -2.43. The highest BCUT2D eigenvalue weighted by Crippen LogP contribution is 2.65. The molecule has 0 aromatic carbocycles. The highest BCUT2D eigenvalue weighted by atomic mass is 32.1. The molecular formula is C12H28NO6P2S+. The van der Waals surface area contributed by atoms with E-state index in [1.807, 2.05) is 14.1 Å². The lowest BCUT2D eigenvalue weighted by atomic mass is 9.83. The maximum Gasteiger partial charge on any atom is 0.340 e. The third-order valence-electron chi connectivity index (χ3n) is 4.44. The Labute approximate surface area is 137 Å². The molecule has 0 spiro atoms. The molecule has 0 radical (unpaired) electrons. The minimum Gasteiger partial charge on any atom is -0.328 e. The maximum atomic E-state index is 11.8. The van der Waals surface area contributed by atoms with Crippen LogP contribution in [-0.2, 0) is 9.13 Å². The average molecular weight is 376 g/mol. The lowest BCUT2D eigenvalue weighted by molar-refractivity contribution is -0.899. The molecule has 2 unspecified atom stereocenters. The van der Waals surface area contributed by atoms with E-state index in [0.29, 0.717) is 29.6 Å². The molecule has 0 bridgehead atoms. The van der Waals surface area contributed by atoms with Crippen LogP contribution in [0.5, 0.6) is 0 Å². The summed E-state index contributed by atoms with van der Waals surface area (Å²) < 4.78 is 24.2.